The van der Waals surface area contributed by atoms with Gasteiger partial charge in [-0.3, -0.25) is 4.79 Å². The molecule has 0 aliphatic heterocycles. The summed E-state index contributed by atoms with van der Waals surface area (Å²) in [7, 11) is 0. The van der Waals surface area contributed by atoms with Crippen molar-refractivity contribution in [3.63, 3.8) is 0 Å². The Morgan fingerprint density at radius 3 is 2.53 bits per heavy atom. The third kappa shape index (κ3) is 2.68. The second-order valence-corrected chi connectivity index (χ2v) is 6.62. The Kier molecular flexibility index (Phi) is 3.25. The van der Waals surface area contributed by atoms with Crippen molar-refractivity contribution in [1.82, 2.24) is 4.98 Å². The van der Waals surface area contributed by atoms with Crippen molar-refractivity contribution in [2.75, 3.05) is 0 Å². The minimum atomic E-state index is -0.652. The van der Waals surface area contributed by atoms with Crippen LogP contribution < -0.4 is 0 Å². The zero-order chi connectivity index (χ0) is 12.5. The van der Waals surface area contributed by atoms with Gasteiger partial charge in [-0.15, -0.1) is 11.3 Å². The van der Waals surface area contributed by atoms with Gasteiger partial charge < -0.3 is 5.11 Å². The van der Waals surface area contributed by atoms with Gasteiger partial charge >= 0.3 is 5.97 Å². The second kappa shape index (κ2) is 4.41. The van der Waals surface area contributed by atoms with E-state index in [0.717, 1.165) is 31.4 Å². The van der Waals surface area contributed by atoms with Gasteiger partial charge in [0.05, 0.1) is 16.6 Å². The van der Waals surface area contributed by atoms with Crippen molar-refractivity contribution in [2.45, 2.75) is 46.0 Å². The van der Waals surface area contributed by atoms with Crippen LogP contribution in [0.15, 0.2) is 10.9 Å². The summed E-state index contributed by atoms with van der Waals surface area (Å²) in [5.74, 6) is -0.652. The summed E-state index contributed by atoms with van der Waals surface area (Å²) in [6.07, 6.45) is 4.11. The van der Waals surface area contributed by atoms with Gasteiger partial charge in [0, 0.05) is 11.8 Å². The lowest BCUT2D eigenvalue weighted by atomic mass is 9.63. The van der Waals surface area contributed by atoms with Gasteiger partial charge in [0.15, 0.2) is 0 Å². The summed E-state index contributed by atoms with van der Waals surface area (Å²) in [5.41, 5.74) is 2.42. The first-order valence-electron chi connectivity index (χ1n) is 6.04. The molecule has 1 aromatic heterocycles. The smallest absolute Gasteiger partial charge is 0.310 e. The topological polar surface area (TPSA) is 50.2 Å². The Hall–Kier alpha value is -0.900. The predicted octanol–water partition coefficient (Wildman–Crippen LogP) is 3.36. The van der Waals surface area contributed by atoms with Crippen LogP contribution in [0.4, 0.5) is 0 Å². The number of aliphatic carboxylic acids is 1. The molecule has 0 aromatic carbocycles. The van der Waals surface area contributed by atoms with E-state index in [1.165, 1.54) is 11.3 Å². The lowest BCUT2D eigenvalue weighted by Crippen LogP contribution is -2.39. The molecule has 0 saturated heterocycles. The van der Waals surface area contributed by atoms with Crippen LogP contribution in [0.2, 0.25) is 0 Å². The lowest BCUT2D eigenvalue weighted by Gasteiger charge is -2.40. The standard InChI is InChI=1S/C13H19NO2S/c1-12(2)3-5-13(6-4-12,11(15)16)7-10-8-17-9-14-10/h8-9H,3-7H2,1-2H3,(H,15,16). The van der Waals surface area contributed by atoms with Gasteiger partial charge in [0.25, 0.3) is 0 Å². The molecule has 0 atom stereocenters. The molecule has 4 heteroatoms. The maximum absolute atomic E-state index is 11.6. The van der Waals surface area contributed by atoms with Crippen LogP contribution in [0.25, 0.3) is 0 Å². The van der Waals surface area contributed by atoms with Crippen LogP contribution >= 0.6 is 11.3 Å². The molecular weight excluding hydrogens is 234 g/mol. The van der Waals surface area contributed by atoms with E-state index < -0.39 is 11.4 Å². The van der Waals surface area contributed by atoms with Crippen LogP contribution in [-0.2, 0) is 11.2 Å². The number of carboxylic acids is 1. The molecule has 0 amide bonds. The van der Waals surface area contributed by atoms with Crippen molar-refractivity contribution in [2.24, 2.45) is 10.8 Å². The fourth-order valence-corrected chi connectivity index (χ4v) is 3.10. The van der Waals surface area contributed by atoms with Gasteiger partial charge in [-0.25, -0.2) is 4.98 Å². The average molecular weight is 253 g/mol. The van der Waals surface area contributed by atoms with Gasteiger partial charge in [-0.2, -0.15) is 0 Å². The highest BCUT2D eigenvalue weighted by atomic mass is 32.1. The molecular formula is C13H19NO2S. The van der Waals surface area contributed by atoms with E-state index in [2.05, 4.69) is 18.8 Å². The van der Waals surface area contributed by atoms with Gasteiger partial charge in [0.2, 0.25) is 0 Å². The number of hydrogen-bond acceptors (Lipinski definition) is 3. The summed E-state index contributed by atoms with van der Waals surface area (Å²) < 4.78 is 0. The molecule has 1 aliphatic carbocycles. The van der Waals surface area contributed by atoms with Crippen LogP contribution in [0.5, 0.6) is 0 Å². The second-order valence-electron chi connectivity index (χ2n) is 5.91. The van der Waals surface area contributed by atoms with E-state index in [0.29, 0.717) is 11.8 Å². The first kappa shape index (κ1) is 12.6. The Bertz CT molecular complexity index is 388. The number of nitrogens with zero attached hydrogens (tertiary/aromatic N) is 1. The zero-order valence-corrected chi connectivity index (χ0v) is 11.2. The molecule has 1 heterocycles. The SMILES string of the molecule is CC1(C)CCC(Cc2cscn2)(C(=O)O)CC1. The highest BCUT2D eigenvalue weighted by Crippen LogP contribution is 2.46. The van der Waals surface area contributed by atoms with E-state index in [9.17, 15) is 9.90 Å². The van der Waals surface area contributed by atoms with Gasteiger partial charge in [0.1, 0.15) is 0 Å². The van der Waals surface area contributed by atoms with Gasteiger partial charge in [-0.05, 0) is 31.1 Å². The summed E-state index contributed by atoms with van der Waals surface area (Å²) in [6, 6.07) is 0. The fourth-order valence-electron chi connectivity index (χ4n) is 2.54. The Morgan fingerprint density at radius 2 is 2.06 bits per heavy atom. The molecule has 1 saturated carbocycles. The number of aromatic nitrogens is 1. The summed E-state index contributed by atoms with van der Waals surface area (Å²) in [5, 5.41) is 11.5. The molecule has 1 fully saturated rings. The monoisotopic (exact) mass is 253 g/mol. The average Bonchev–Trinajstić information content (AvgIpc) is 2.74. The molecule has 0 unspecified atom stereocenters. The van der Waals surface area contributed by atoms with Crippen LogP contribution in [0, 0.1) is 10.8 Å². The Labute approximate surface area is 106 Å². The quantitative estimate of drug-likeness (QED) is 0.898. The molecule has 94 valence electrons. The number of thiazole rings is 1. The number of carbonyl (C=O) groups is 1. The van der Waals surface area contributed by atoms with E-state index in [-0.39, 0.29) is 0 Å². The summed E-state index contributed by atoms with van der Waals surface area (Å²) >= 11 is 1.53. The Morgan fingerprint density at radius 1 is 1.41 bits per heavy atom. The molecule has 0 bridgehead atoms. The van der Waals surface area contributed by atoms with Gasteiger partial charge in [-0.1, -0.05) is 13.8 Å². The third-order valence-electron chi connectivity index (χ3n) is 4.02. The zero-order valence-electron chi connectivity index (χ0n) is 10.4. The van der Waals surface area contributed by atoms with Crippen LogP contribution in [0.1, 0.15) is 45.2 Å². The normalized spacial score (nSPS) is 22.2. The van der Waals surface area contributed by atoms with E-state index >= 15 is 0 Å². The molecule has 17 heavy (non-hydrogen) atoms. The van der Waals surface area contributed by atoms with E-state index in [1.54, 1.807) is 5.51 Å². The molecule has 0 radical (unpaired) electrons. The number of hydrogen-bond donors (Lipinski definition) is 1. The molecule has 1 N–H and O–H groups in total. The minimum Gasteiger partial charge on any atom is -0.481 e. The van der Waals surface area contributed by atoms with Crippen molar-refractivity contribution in [1.29, 1.82) is 0 Å². The highest BCUT2D eigenvalue weighted by molar-refractivity contribution is 7.07. The lowest BCUT2D eigenvalue weighted by molar-refractivity contribution is -0.152. The number of carboxylic acid groups (broad SMARTS) is 1. The van der Waals surface area contributed by atoms with Crippen LogP contribution in [0.3, 0.4) is 0 Å². The maximum Gasteiger partial charge on any atom is 0.310 e. The fraction of sp³-hybridized carbons (Fsp3) is 0.692. The highest BCUT2D eigenvalue weighted by Gasteiger charge is 2.44. The maximum atomic E-state index is 11.6. The molecule has 1 aliphatic rings. The summed E-state index contributed by atoms with van der Waals surface area (Å²) in [6.45, 7) is 4.45. The summed E-state index contributed by atoms with van der Waals surface area (Å²) in [4.78, 5) is 15.8. The van der Waals surface area contributed by atoms with Crippen molar-refractivity contribution in [3.8, 4) is 0 Å². The molecule has 2 rings (SSSR count). The molecule has 1 aromatic rings. The van der Waals surface area contributed by atoms with Crippen LogP contribution in [-0.4, -0.2) is 16.1 Å². The molecule has 3 nitrogen and oxygen atoms in total. The van der Waals surface area contributed by atoms with Crippen molar-refractivity contribution >= 4 is 17.3 Å². The number of rotatable bonds is 3. The minimum absolute atomic E-state index is 0.293. The molecule has 0 spiro atoms. The third-order valence-corrected chi connectivity index (χ3v) is 4.65. The van der Waals surface area contributed by atoms with Crippen molar-refractivity contribution < 1.29 is 9.90 Å². The van der Waals surface area contributed by atoms with Crippen molar-refractivity contribution in [3.05, 3.63) is 16.6 Å². The van der Waals surface area contributed by atoms with E-state index in [4.69, 9.17) is 0 Å². The first-order chi connectivity index (χ1) is 7.94. The Balaban J connectivity index is 2.15. The van der Waals surface area contributed by atoms with E-state index in [1.807, 2.05) is 5.38 Å². The predicted molar refractivity (Wildman–Crippen MR) is 68.1 cm³/mol. The largest absolute Gasteiger partial charge is 0.481 e. The first-order valence-corrected chi connectivity index (χ1v) is 6.98.